The number of ketones is 2. The van der Waals surface area contributed by atoms with Gasteiger partial charge in [0.25, 0.3) is 17.4 Å². The summed E-state index contributed by atoms with van der Waals surface area (Å²) in [5, 5.41) is 35.2. The summed E-state index contributed by atoms with van der Waals surface area (Å²) in [5.74, 6) is -7.73. The highest BCUT2D eigenvalue weighted by Crippen LogP contribution is 2.39. The highest BCUT2D eigenvalue weighted by molar-refractivity contribution is 6.39. The quantitative estimate of drug-likeness (QED) is 0.0744. The van der Waals surface area contributed by atoms with Gasteiger partial charge in [-0.15, -0.1) is 0 Å². The van der Waals surface area contributed by atoms with Crippen LogP contribution in [0.25, 0.3) is 6.08 Å². The number of cyclic esters (lactones) is 1. The number of nitro groups is 1. The van der Waals surface area contributed by atoms with Crippen LogP contribution in [0.5, 0.6) is 0 Å². The van der Waals surface area contributed by atoms with Gasteiger partial charge in [-0.1, -0.05) is 69.7 Å². The number of amides is 1. The van der Waals surface area contributed by atoms with E-state index in [1.807, 2.05) is 45.9 Å². The number of methoxy groups -OCH3 is 3. The van der Waals surface area contributed by atoms with Crippen molar-refractivity contribution in [3.63, 3.8) is 0 Å². The lowest BCUT2D eigenvalue weighted by atomic mass is 9.81. The zero-order valence-corrected chi connectivity index (χ0v) is 41.5. The van der Waals surface area contributed by atoms with Crippen molar-refractivity contribution in [3.8, 4) is 0 Å². The number of hydrogen-bond acceptors (Lipinski definition) is 14. The van der Waals surface area contributed by atoms with Crippen LogP contribution in [0, 0.1) is 39.7 Å². The number of allylic oxidation sites excluding steroid dienone is 3. The van der Waals surface area contributed by atoms with Gasteiger partial charge in [-0.3, -0.25) is 24.5 Å². The van der Waals surface area contributed by atoms with Crippen molar-refractivity contribution >= 4 is 35.2 Å². The number of carbonyl (C=O) groups is 4. The van der Waals surface area contributed by atoms with Crippen LogP contribution >= 0.6 is 0 Å². The molecule has 2 saturated heterocycles. The largest absolute Gasteiger partial charge is 0.456 e. The van der Waals surface area contributed by atoms with Crippen molar-refractivity contribution in [2.75, 3.05) is 34.5 Å². The van der Waals surface area contributed by atoms with Crippen molar-refractivity contribution < 1.29 is 62.7 Å². The number of fused-ring (bicyclic) bond motifs is 3. The molecule has 16 heteroatoms. The van der Waals surface area contributed by atoms with Crippen molar-refractivity contribution in [3.05, 3.63) is 69.3 Å². The number of aliphatic hydroxyl groups is 2. The average molecular weight is 953 g/mol. The molecule has 1 aromatic rings. The third-order valence-electron chi connectivity index (χ3n) is 14.7. The van der Waals surface area contributed by atoms with E-state index in [4.69, 9.17) is 28.4 Å². The fourth-order valence-electron chi connectivity index (χ4n) is 10.7. The highest BCUT2D eigenvalue weighted by atomic mass is 16.7. The third kappa shape index (κ3) is 13.6. The summed E-state index contributed by atoms with van der Waals surface area (Å²) in [6.07, 6.45) is 7.63. The lowest BCUT2D eigenvalue weighted by molar-refractivity contribution is -0.384. The second-order valence-electron chi connectivity index (χ2n) is 19.7. The predicted octanol–water partition coefficient (Wildman–Crippen LogP) is 7.12. The van der Waals surface area contributed by atoms with Crippen LogP contribution in [0.15, 0.2) is 53.6 Å². The fraction of sp³-hybridized carbons (Fsp3) is 0.692. The molecule has 0 radical (unpaired) electrons. The molecule has 378 valence electrons. The van der Waals surface area contributed by atoms with Crippen LogP contribution in [0.2, 0.25) is 0 Å². The number of nitrogens with zero attached hydrogens (tertiary/aromatic N) is 2. The van der Waals surface area contributed by atoms with Crippen molar-refractivity contribution in [2.24, 2.45) is 29.6 Å². The van der Waals surface area contributed by atoms with Crippen LogP contribution in [-0.4, -0.2) is 133 Å². The van der Waals surface area contributed by atoms with Gasteiger partial charge in [0.15, 0.2) is 0 Å². The summed E-state index contributed by atoms with van der Waals surface area (Å²) in [6, 6.07) is 5.18. The van der Waals surface area contributed by atoms with Gasteiger partial charge in [-0.25, -0.2) is 4.79 Å². The molecule has 0 unspecified atom stereocenters. The number of ether oxygens (including phenoxy) is 6. The Morgan fingerprint density at radius 1 is 0.956 bits per heavy atom. The van der Waals surface area contributed by atoms with Gasteiger partial charge in [-0.2, -0.15) is 0 Å². The number of benzene rings is 1. The van der Waals surface area contributed by atoms with Crippen molar-refractivity contribution in [1.82, 2.24) is 4.90 Å². The molecule has 3 aliphatic heterocycles. The Balaban J connectivity index is 1.43. The maximum Gasteiger partial charge on any atom is 0.329 e. The zero-order valence-electron chi connectivity index (χ0n) is 41.5. The first-order valence-electron chi connectivity index (χ1n) is 24.5. The minimum atomic E-state index is -2.53. The number of rotatable bonds is 11. The summed E-state index contributed by atoms with van der Waals surface area (Å²) >= 11 is 0. The Morgan fingerprint density at radius 2 is 1.66 bits per heavy atom. The van der Waals surface area contributed by atoms with Gasteiger partial charge in [0.05, 0.1) is 42.1 Å². The van der Waals surface area contributed by atoms with E-state index in [1.54, 1.807) is 39.2 Å². The topological polar surface area (TPSA) is 210 Å². The second-order valence-corrected chi connectivity index (χ2v) is 19.7. The first kappa shape index (κ1) is 54.8. The van der Waals surface area contributed by atoms with Crippen molar-refractivity contribution in [1.29, 1.82) is 0 Å². The van der Waals surface area contributed by atoms with E-state index in [1.165, 1.54) is 31.3 Å². The molecule has 68 heavy (non-hydrogen) atoms. The van der Waals surface area contributed by atoms with E-state index in [-0.39, 0.29) is 67.9 Å². The molecule has 1 saturated carbocycles. The fourth-order valence-corrected chi connectivity index (χ4v) is 10.7. The summed E-state index contributed by atoms with van der Waals surface area (Å²) in [5.41, 5.74) is 2.33. The van der Waals surface area contributed by atoms with E-state index in [0.717, 1.165) is 5.57 Å². The van der Waals surface area contributed by atoms with E-state index < -0.39 is 82.7 Å². The first-order valence-corrected chi connectivity index (χ1v) is 24.5. The van der Waals surface area contributed by atoms with E-state index in [9.17, 15) is 39.5 Å². The number of piperidine rings is 1. The molecule has 0 spiro atoms. The SMILES string of the molecule is CC[C@@H]1/C=C(\C)C[C@H](C)C[C@H](OC)[C@H]2O[C@@](O)(C(=O)C(=O)N3CCCC[C@H]3C(=O)O[C@H](/C(C)=C/[C@@H]3CC[C@@H](OC/C=C/c4cccc([N+](=O)[O-])c4)[C@H](OC)C3)[C@H](C)[C@@H](O)CC1=O)[C@H](C)C[C@@H]2OC. The summed E-state index contributed by atoms with van der Waals surface area (Å²) in [4.78, 5) is 69.2. The summed E-state index contributed by atoms with van der Waals surface area (Å²) < 4.78 is 36.5. The number of nitro benzene ring substituents is 1. The Bertz CT molecular complexity index is 2000. The van der Waals surface area contributed by atoms with Crippen molar-refractivity contribution in [2.45, 2.75) is 167 Å². The molecule has 2 bridgehead atoms. The summed E-state index contributed by atoms with van der Waals surface area (Å²) in [6.45, 7) is 11.5. The predicted molar refractivity (Wildman–Crippen MR) is 254 cm³/mol. The lowest BCUT2D eigenvalue weighted by Gasteiger charge is -2.47. The molecule has 2 N–H and O–H groups in total. The molecule has 4 aliphatic rings. The number of aliphatic hydroxyl groups excluding tert-OH is 1. The third-order valence-corrected chi connectivity index (χ3v) is 14.7. The van der Waals surface area contributed by atoms with Gasteiger partial charge in [0, 0.05) is 64.2 Å². The minimum absolute atomic E-state index is 0.00622. The monoisotopic (exact) mass is 953 g/mol. The zero-order chi connectivity index (χ0) is 49.9. The second kappa shape index (κ2) is 25.1. The molecular weight excluding hydrogens is 877 g/mol. The minimum Gasteiger partial charge on any atom is -0.456 e. The molecule has 3 fully saturated rings. The number of carbonyl (C=O) groups excluding carboxylic acids is 4. The Hall–Kier alpha value is -4.16. The molecule has 1 aromatic carbocycles. The average Bonchev–Trinajstić information content (AvgIpc) is 3.32. The van der Waals surface area contributed by atoms with Crippen LogP contribution in [0.3, 0.4) is 0 Å². The van der Waals surface area contributed by atoms with E-state index >= 15 is 0 Å². The highest BCUT2D eigenvalue weighted by Gasteiger charge is 2.56. The molecular formula is C52H76N2O14. The Morgan fingerprint density at radius 3 is 2.34 bits per heavy atom. The van der Waals surface area contributed by atoms with Gasteiger partial charge in [-0.05, 0) is 101 Å². The number of Topliss-reactive ketones (excluding diaryl/α,β-unsaturated/α-hetero) is 2. The van der Waals surface area contributed by atoms with Gasteiger partial charge >= 0.3 is 5.97 Å². The lowest BCUT2D eigenvalue weighted by Crippen LogP contribution is -2.64. The van der Waals surface area contributed by atoms with Gasteiger partial charge < -0.3 is 43.5 Å². The Labute approximate surface area is 401 Å². The summed E-state index contributed by atoms with van der Waals surface area (Å²) in [7, 11) is 4.68. The van der Waals surface area contributed by atoms with Gasteiger partial charge in [0.2, 0.25) is 5.79 Å². The molecule has 1 amide bonds. The molecule has 5 rings (SSSR count). The standard InChI is InChI=1S/C52H76N2O14/c1-10-38-24-31(2)23-32(3)25-45(64-8)48-46(65-9)27-34(5)52(60,68-48)49(57)50(58)53-21-12-11-18-40(53)51(59)67-47(35(6)41(55)30-42(38)56)33(4)26-37-19-20-43(44(29-37)63-7)66-22-14-16-36-15-13-17-39(28-36)54(61)62/h13-17,24,26,28,32,34-35,37-38,40-41,43-48,55,60H,10-12,18-23,25,27,29-30H2,1-9H3/b16-14+,31-24+,33-26+/t32-,34+,35+,37-,38+,40-,41-,43+,44+,45-,46-,47+,48+,52+/m0/s1. The van der Waals surface area contributed by atoms with E-state index in [2.05, 4.69) is 0 Å². The number of non-ortho nitro benzene ring substituents is 1. The Kier molecular flexibility index (Phi) is 20.2. The van der Waals surface area contributed by atoms with E-state index in [0.29, 0.717) is 62.5 Å². The number of esters is 1. The maximum absolute atomic E-state index is 14.5. The normalized spacial score (nSPS) is 36.3. The molecule has 1 aliphatic carbocycles. The molecule has 0 aromatic heterocycles. The molecule has 16 nitrogen and oxygen atoms in total. The smallest absolute Gasteiger partial charge is 0.329 e. The maximum atomic E-state index is 14.5. The van der Waals surface area contributed by atoms with Crippen LogP contribution in [0.4, 0.5) is 5.69 Å². The van der Waals surface area contributed by atoms with Gasteiger partial charge in [0.1, 0.15) is 24.0 Å². The van der Waals surface area contributed by atoms with Crippen LogP contribution in [-0.2, 0) is 47.6 Å². The number of hydrogen-bond donors (Lipinski definition) is 2. The van der Waals surface area contributed by atoms with Crippen LogP contribution in [0.1, 0.15) is 118 Å². The van der Waals surface area contributed by atoms with Crippen LogP contribution < -0.4 is 0 Å². The first-order chi connectivity index (χ1) is 32.3. The molecule has 14 atom stereocenters. The molecule has 3 heterocycles.